The van der Waals surface area contributed by atoms with Gasteiger partial charge >= 0.3 is 5.97 Å². The maximum atomic E-state index is 11.9. The third kappa shape index (κ3) is 3.73. The van der Waals surface area contributed by atoms with Crippen molar-refractivity contribution in [1.29, 1.82) is 0 Å². The minimum absolute atomic E-state index is 0.0948. The summed E-state index contributed by atoms with van der Waals surface area (Å²) in [5, 5.41) is 13.4. The molecule has 23 heavy (non-hydrogen) atoms. The number of nitro benzene ring substituents is 1. The molecule has 120 valence electrons. The summed E-state index contributed by atoms with van der Waals surface area (Å²) in [6, 6.07) is 7.69. The van der Waals surface area contributed by atoms with Crippen molar-refractivity contribution in [3.63, 3.8) is 0 Å². The molecular weight excluding hydrogens is 302 g/mol. The van der Waals surface area contributed by atoms with Gasteiger partial charge in [-0.2, -0.15) is 0 Å². The number of amides is 1. The van der Waals surface area contributed by atoms with Gasteiger partial charge in [-0.05, 0) is 24.6 Å². The number of benzene rings is 1. The highest BCUT2D eigenvalue weighted by atomic mass is 16.6. The van der Waals surface area contributed by atoms with E-state index in [1.54, 1.807) is 42.9 Å². The smallest absolute Gasteiger partial charge is 0.355 e. The first-order valence-electron chi connectivity index (χ1n) is 6.72. The van der Waals surface area contributed by atoms with E-state index in [9.17, 15) is 19.7 Å². The number of carbonyl (C=O) groups excluding carboxylic acids is 2. The lowest BCUT2D eigenvalue weighted by Crippen LogP contribution is -2.22. The minimum Gasteiger partial charge on any atom is -0.451 e. The van der Waals surface area contributed by atoms with Crippen LogP contribution < -0.4 is 5.32 Å². The highest BCUT2D eigenvalue weighted by Gasteiger charge is 2.19. The molecular formula is C15H15N3O5. The second kappa shape index (κ2) is 6.73. The van der Waals surface area contributed by atoms with Crippen molar-refractivity contribution in [2.75, 3.05) is 11.9 Å². The van der Waals surface area contributed by atoms with Crippen molar-refractivity contribution in [3.05, 3.63) is 57.9 Å². The van der Waals surface area contributed by atoms with Crippen LogP contribution in [0.2, 0.25) is 0 Å². The lowest BCUT2D eigenvalue weighted by Gasteiger charge is -2.09. The predicted octanol–water partition coefficient (Wildman–Crippen LogP) is 2.04. The number of nitrogens with one attached hydrogen (secondary N) is 1. The molecule has 0 unspecified atom stereocenters. The fourth-order valence-corrected chi connectivity index (χ4v) is 2.02. The van der Waals surface area contributed by atoms with Crippen LogP contribution in [0.1, 0.15) is 16.1 Å². The Balaban J connectivity index is 2.02. The van der Waals surface area contributed by atoms with Gasteiger partial charge in [0.05, 0.1) is 4.92 Å². The van der Waals surface area contributed by atoms with Crippen LogP contribution in [0.4, 0.5) is 11.4 Å². The number of aromatic nitrogens is 1. The number of ether oxygens (including phenoxy) is 1. The highest BCUT2D eigenvalue weighted by Crippen LogP contribution is 2.27. The van der Waals surface area contributed by atoms with E-state index in [1.165, 1.54) is 12.1 Å². The molecule has 8 nitrogen and oxygen atoms in total. The summed E-state index contributed by atoms with van der Waals surface area (Å²) in [6.45, 7) is 1.11. The topological polar surface area (TPSA) is 103 Å². The summed E-state index contributed by atoms with van der Waals surface area (Å²) in [5.74, 6) is -1.29. The Kier molecular flexibility index (Phi) is 4.75. The van der Waals surface area contributed by atoms with Gasteiger partial charge in [0.1, 0.15) is 11.4 Å². The third-order valence-electron chi connectivity index (χ3n) is 3.20. The summed E-state index contributed by atoms with van der Waals surface area (Å²) in [6.07, 6.45) is 1.67. The van der Waals surface area contributed by atoms with E-state index in [0.717, 1.165) is 0 Å². The van der Waals surface area contributed by atoms with Crippen molar-refractivity contribution in [2.45, 2.75) is 6.92 Å². The molecule has 0 atom stereocenters. The normalized spacial score (nSPS) is 10.2. The monoisotopic (exact) mass is 317 g/mol. The Labute approximate surface area is 131 Å². The molecule has 0 saturated heterocycles. The SMILES string of the molecule is Cc1cccc([N+](=O)[O-])c1NC(=O)COC(=O)c1cccn1C. The largest absolute Gasteiger partial charge is 0.451 e. The molecule has 1 N–H and O–H groups in total. The zero-order valence-corrected chi connectivity index (χ0v) is 12.6. The highest BCUT2D eigenvalue weighted by molar-refractivity contribution is 5.97. The maximum absolute atomic E-state index is 11.9. The van der Waals surface area contributed by atoms with E-state index in [2.05, 4.69) is 5.32 Å². The molecule has 2 aromatic rings. The molecule has 0 bridgehead atoms. The fraction of sp³-hybridized carbons (Fsp3) is 0.200. The number of hydrogen-bond acceptors (Lipinski definition) is 5. The number of nitro groups is 1. The summed E-state index contributed by atoms with van der Waals surface area (Å²) in [4.78, 5) is 34.1. The minimum atomic E-state index is -0.648. The average Bonchev–Trinajstić information content (AvgIpc) is 2.93. The fourth-order valence-electron chi connectivity index (χ4n) is 2.02. The summed E-state index contributed by atoms with van der Waals surface area (Å²) < 4.78 is 6.46. The molecule has 0 spiro atoms. The lowest BCUT2D eigenvalue weighted by molar-refractivity contribution is -0.384. The summed E-state index contributed by atoms with van der Waals surface area (Å²) in [7, 11) is 1.67. The number of aryl methyl sites for hydroxylation is 2. The molecule has 1 heterocycles. The second-order valence-corrected chi connectivity index (χ2v) is 4.85. The Morgan fingerprint density at radius 3 is 2.65 bits per heavy atom. The molecule has 0 aliphatic rings. The first kappa shape index (κ1) is 16.2. The van der Waals surface area contributed by atoms with Crippen LogP contribution in [-0.4, -0.2) is 28.0 Å². The molecule has 1 aromatic heterocycles. The number of nitrogens with zero attached hydrogens (tertiary/aromatic N) is 2. The van der Waals surface area contributed by atoms with E-state index in [-0.39, 0.29) is 11.4 Å². The van der Waals surface area contributed by atoms with E-state index < -0.39 is 23.4 Å². The summed E-state index contributed by atoms with van der Waals surface area (Å²) >= 11 is 0. The van der Waals surface area contributed by atoms with Crippen LogP contribution in [0.25, 0.3) is 0 Å². The quantitative estimate of drug-likeness (QED) is 0.516. The van der Waals surface area contributed by atoms with Crippen LogP contribution in [-0.2, 0) is 16.6 Å². The molecule has 2 rings (SSSR count). The first-order chi connectivity index (χ1) is 10.9. The summed E-state index contributed by atoms with van der Waals surface area (Å²) in [5.41, 5.74) is 0.727. The molecule has 0 aliphatic carbocycles. The molecule has 1 amide bonds. The van der Waals surface area contributed by atoms with Gasteiger partial charge < -0.3 is 14.6 Å². The molecule has 0 fully saturated rings. The number of anilines is 1. The van der Waals surface area contributed by atoms with Gasteiger partial charge in [0.2, 0.25) is 0 Å². The van der Waals surface area contributed by atoms with Crippen molar-refractivity contribution in [1.82, 2.24) is 4.57 Å². The molecule has 0 aliphatic heterocycles. The van der Waals surface area contributed by atoms with Gasteiger partial charge in [-0.15, -0.1) is 0 Å². The average molecular weight is 317 g/mol. The van der Waals surface area contributed by atoms with Crippen LogP contribution in [0.15, 0.2) is 36.5 Å². The predicted molar refractivity (Wildman–Crippen MR) is 82.2 cm³/mol. The maximum Gasteiger partial charge on any atom is 0.355 e. The number of carbonyl (C=O) groups is 2. The lowest BCUT2D eigenvalue weighted by atomic mass is 10.1. The van der Waals surface area contributed by atoms with E-state index in [0.29, 0.717) is 11.3 Å². The van der Waals surface area contributed by atoms with Crippen molar-refractivity contribution in [3.8, 4) is 0 Å². The number of rotatable bonds is 5. The number of hydrogen-bond donors (Lipinski definition) is 1. The number of para-hydroxylation sites is 1. The van der Waals surface area contributed by atoms with E-state index in [4.69, 9.17) is 4.74 Å². The molecule has 0 radical (unpaired) electrons. The van der Waals surface area contributed by atoms with Gasteiger partial charge in [0.15, 0.2) is 6.61 Å². The third-order valence-corrected chi connectivity index (χ3v) is 3.20. The second-order valence-electron chi connectivity index (χ2n) is 4.85. The Morgan fingerprint density at radius 1 is 1.30 bits per heavy atom. The zero-order valence-electron chi connectivity index (χ0n) is 12.6. The van der Waals surface area contributed by atoms with Crippen LogP contribution >= 0.6 is 0 Å². The zero-order chi connectivity index (χ0) is 17.0. The Hall–Kier alpha value is -3.16. The molecule has 1 aromatic carbocycles. The van der Waals surface area contributed by atoms with E-state index in [1.807, 2.05) is 0 Å². The Bertz CT molecular complexity index is 766. The molecule has 8 heteroatoms. The van der Waals surface area contributed by atoms with Gasteiger partial charge in [-0.3, -0.25) is 14.9 Å². The van der Waals surface area contributed by atoms with E-state index >= 15 is 0 Å². The van der Waals surface area contributed by atoms with Gasteiger partial charge in [-0.1, -0.05) is 12.1 Å². The van der Waals surface area contributed by atoms with Gasteiger partial charge in [0.25, 0.3) is 11.6 Å². The van der Waals surface area contributed by atoms with Crippen LogP contribution in [0.5, 0.6) is 0 Å². The van der Waals surface area contributed by atoms with Crippen LogP contribution in [0, 0.1) is 17.0 Å². The van der Waals surface area contributed by atoms with Crippen LogP contribution in [0.3, 0.4) is 0 Å². The van der Waals surface area contributed by atoms with Crippen molar-refractivity contribution in [2.24, 2.45) is 7.05 Å². The number of esters is 1. The van der Waals surface area contributed by atoms with Crippen molar-refractivity contribution >= 4 is 23.3 Å². The van der Waals surface area contributed by atoms with Crippen molar-refractivity contribution < 1.29 is 19.2 Å². The first-order valence-corrected chi connectivity index (χ1v) is 6.72. The Morgan fingerprint density at radius 2 is 2.04 bits per heavy atom. The molecule has 0 saturated carbocycles. The van der Waals surface area contributed by atoms with Gasteiger partial charge in [0, 0.05) is 19.3 Å². The standard InChI is InChI=1S/C15H15N3O5/c1-10-5-3-6-11(18(21)22)14(10)16-13(19)9-23-15(20)12-7-4-8-17(12)2/h3-8H,9H2,1-2H3,(H,16,19). The van der Waals surface area contributed by atoms with Gasteiger partial charge in [-0.25, -0.2) is 4.79 Å².